The number of hydrogen-bond acceptors (Lipinski definition) is 4. The van der Waals surface area contributed by atoms with Gasteiger partial charge in [-0.3, -0.25) is 9.59 Å². The van der Waals surface area contributed by atoms with Crippen molar-refractivity contribution in [3.63, 3.8) is 0 Å². The number of benzene rings is 2. The van der Waals surface area contributed by atoms with Crippen LogP contribution in [-0.4, -0.2) is 31.1 Å². The zero-order valence-corrected chi connectivity index (χ0v) is 16.1. The lowest BCUT2D eigenvalue weighted by atomic mass is 10.2. The van der Waals surface area contributed by atoms with Gasteiger partial charge < -0.3 is 10.2 Å². The number of nitrogens with zero attached hydrogens (tertiary/aromatic N) is 2. The molecule has 0 radical (unpaired) electrons. The third kappa shape index (κ3) is 6.50. The minimum atomic E-state index is -0.517. The summed E-state index contributed by atoms with van der Waals surface area (Å²) in [4.78, 5) is 25.8. The van der Waals surface area contributed by atoms with Crippen LogP contribution in [0.4, 0.5) is 15.8 Å². The number of hydrazone groups is 1. The summed E-state index contributed by atoms with van der Waals surface area (Å²) >= 11 is 0. The van der Waals surface area contributed by atoms with Gasteiger partial charge in [0.1, 0.15) is 5.82 Å². The number of anilines is 2. The van der Waals surface area contributed by atoms with Gasteiger partial charge in [0.05, 0.1) is 11.9 Å². The molecular formula is C21H25FN4O2. The maximum Gasteiger partial charge on any atom is 0.240 e. The van der Waals surface area contributed by atoms with Crippen molar-refractivity contribution in [1.29, 1.82) is 0 Å². The van der Waals surface area contributed by atoms with Crippen LogP contribution in [-0.2, 0) is 9.59 Å². The highest BCUT2D eigenvalue weighted by Gasteiger charge is 2.09. The van der Waals surface area contributed by atoms with Crippen LogP contribution in [0.5, 0.6) is 0 Å². The number of carbonyl (C=O) groups excluding carboxylic acids is 2. The molecule has 0 aliphatic carbocycles. The van der Waals surface area contributed by atoms with Gasteiger partial charge in [-0.15, -0.1) is 0 Å². The van der Waals surface area contributed by atoms with E-state index in [1.807, 2.05) is 24.3 Å². The van der Waals surface area contributed by atoms with Gasteiger partial charge >= 0.3 is 0 Å². The summed E-state index contributed by atoms with van der Waals surface area (Å²) in [6.45, 7) is 6.07. The van der Waals surface area contributed by atoms with Crippen LogP contribution in [0.2, 0.25) is 0 Å². The summed E-state index contributed by atoms with van der Waals surface area (Å²) in [5.74, 6) is -1.34. The fourth-order valence-electron chi connectivity index (χ4n) is 2.60. The second-order valence-corrected chi connectivity index (χ2v) is 6.09. The molecular weight excluding hydrogens is 359 g/mol. The predicted molar refractivity (Wildman–Crippen MR) is 110 cm³/mol. The highest BCUT2D eigenvalue weighted by molar-refractivity contribution is 5.93. The van der Waals surface area contributed by atoms with Crippen LogP contribution in [0.3, 0.4) is 0 Å². The van der Waals surface area contributed by atoms with E-state index in [1.54, 1.807) is 12.3 Å². The molecule has 0 unspecified atom stereocenters. The molecule has 2 amide bonds. The quantitative estimate of drug-likeness (QED) is 0.513. The number of halogens is 1. The van der Waals surface area contributed by atoms with Crippen molar-refractivity contribution < 1.29 is 14.0 Å². The van der Waals surface area contributed by atoms with E-state index in [-0.39, 0.29) is 24.4 Å². The van der Waals surface area contributed by atoms with Crippen LogP contribution in [0.25, 0.3) is 0 Å². The largest absolute Gasteiger partial charge is 0.372 e. The zero-order valence-electron chi connectivity index (χ0n) is 16.1. The second-order valence-electron chi connectivity index (χ2n) is 6.09. The molecule has 0 atom stereocenters. The smallest absolute Gasteiger partial charge is 0.240 e. The lowest BCUT2D eigenvalue weighted by Crippen LogP contribution is -2.21. The molecule has 2 aromatic carbocycles. The summed E-state index contributed by atoms with van der Waals surface area (Å²) in [7, 11) is 0. The SMILES string of the molecule is CCN(CC)c1ccc(C=NNC(=O)CCC(=O)Nc2ccccc2F)cc1. The van der Waals surface area contributed by atoms with E-state index in [0.29, 0.717) is 0 Å². The molecule has 2 N–H and O–H groups in total. The third-order valence-electron chi connectivity index (χ3n) is 4.15. The van der Waals surface area contributed by atoms with Gasteiger partial charge in [0.2, 0.25) is 11.8 Å². The fourth-order valence-corrected chi connectivity index (χ4v) is 2.60. The summed E-state index contributed by atoms with van der Waals surface area (Å²) in [5.41, 5.74) is 4.47. The maximum absolute atomic E-state index is 13.5. The molecule has 0 fully saturated rings. The lowest BCUT2D eigenvalue weighted by molar-refractivity contribution is -0.124. The first kappa shape index (κ1) is 21.1. The van der Waals surface area contributed by atoms with E-state index in [4.69, 9.17) is 0 Å². The molecule has 0 aliphatic heterocycles. The number of amides is 2. The van der Waals surface area contributed by atoms with Crippen LogP contribution in [0.1, 0.15) is 32.3 Å². The van der Waals surface area contributed by atoms with Crippen LogP contribution < -0.4 is 15.6 Å². The van der Waals surface area contributed by atoms with Crippen molar-refractivity contribution in [3.8, 4) is 0 Å². The van der Waals surface area contributed by atoms with E-state index in [1.165, 1.54) is 18.2 Å². The highest BCUT2D eigenvalue weighted by Crippen LogP contribution is 2.14. The van der Waals surface area contributed by atoms with Crippen molar-refractivity contribution >= 4 is 29.4 Å². The molecule has 6 nitrogen and oxygen atoms in total. The topological polar surface area (TPSA) is 73.8 Å². The monoisotopic (exact) mass is 384 g/mol. The van der Waals surface area contributed by atoms with Crippen molar-refractivity contribution in [2.75, 3.05) is 23.3 Å². The van der Waals surface area contributed by atoms with Crippen LogP contribution in [0.15, 0.2) is 53.6 Å². The van der Waals surface area contributed by atoms with E-state index < -0.39 is 11.7 Å². The molecule has 0 bridgehead atoms. The second kappa shape index (κ2) is 10.8. The van der Waals surface area contributed by atoms with Gasteiger partial charge in [0, 0.05) is 31.6 Å². The molecule has 2 aromatic rings. The van der Waals surface area contributed by atoms with Crippen molar-refractivity contribution in [2.45, 2.75) is 26.7 Å². The van der Waals surface area contributed by atoms with E-state index >= 15 is 0 Å². The van der Waals surface area contributed by atoms with E-state index in [9.17, 15) is 14.0 Å². The Morgan fingerprint density at radius 1 is 1.00 bits per heavy atom. The van der Waals surface area contributed by atoms with Crippen LogP contribution >= 0.6 is 0 Å². The van der Waals surface area contributed by atoms with Gasteiger partial charge in [0.15, 0.2) is 0 Å². The van der Waals surface area contributed by atoms with E-state index in [2.05, 4.69) is 34.6 Å². The third-order valence-corrected chi connectivity index (χ3v) is 4.15. The molecule has 0 aliphatic rings. The predicted octanol–water partition coefficient (Wildman–Crippen LogP) is 3.54. The molecule has 0 saturated heterocycles. The number of rotatable bonds is 9. The number of carbonyl (C=O) groups is 2. The summed E-state index contributed by atoms with van der Waals surface area (Å²) < 4.78 is 13.5. The number of nitrogens with one attached hydrogen (secondary N) is 2. The molecule has 0 saturated carbocycles. The summed E-state index contributed by atoms with van der Waals surface area (Å²) in [6.07, 6.45) is 1.44. The van der Waals surface area contributed by atoms with E-state index in [0.717, 1.165) is 24.3 Å². The minimum absolute atomic E-state index is 0.0431. The number of hydrogen-bond donors (Lipinski definition) is 2. The van der Waals surface area contributed by atoms with Crippen molar-refractivity contribution in [3.05, 3.63) is 59.9 Å². The minimum Gasteiger partial charge on any atom is -0.372 e. The first-order chi connectivity index (χ1) is 13.5. The van der Waals surface area contributed by atoms with Gasteiger partial charge in [-0.2, -0.15) is 5.10 Å². The number of para-hydroxylation sites is 1. The fraction of sp³-hybridized carbons (Fsp3) is 0.286. The molecule has 28 heavy (non-hydrogen) atoms. The van der Waals surface area contributed by atoms with Crippen LogP contribution in [0, 0.1) is 5.82 Å². The highest BCUT2D eigenvalue weighted by atomic mass is 19.1. The van der Waals surface area contributed by atoms with Gasteiger partial charge in [-0.1, -0.05) is 24.3 Å². The van der Waals surface area contributed by atoms with Gasteiger partial charge in [-0.25, -0.2) is 9.82 Å². The first-order valence-corrected chi connectivity index (χ1v) is 9.24. The maximum atomic E-state index is 13.5. The summed E-state index contributed by atoms with van der Waals surface area (Å²) in [6, 6.07) is 13.7. The Morgan fingerprint density at radius 3 is 2.29 bits per heavy atom. The van der Waals surface area contributed by atoms with Crippen molar-refractivity contribution in [2.24, 2.45) is 5.10 Å². The lowest BCUT2D eigenvalue weighted by Gasteiger charge is -2.20. The van der Waals surface area contributed by atoms with Gasteiger partial charge in [-0.05, 0) is 43.7 Å². The molecule has 0 spiro atoms. The Bertz CT molecular complexity index is 817. The average molecular weight is 384 g/mol. The molecule has 148 valence electrons. The molecule has 7 heteroatoms. The first-order valence-electron chi connectivity index (χ1n) is 9.24. The Balaban J connectivity index is 1.76. The summed E-state index contributed by atoms with van der Waals surface area (Å²) in [5, 5.41) is 6.34. The van der Waals surface area contributed by atoms with Crippen molar-refractivity contribution in [1.82, 2.24) is 5.43 Å². The Kier molecular flexibility index (Phi) is 8.14. The zero-order chi connectivity index (χ0) is 20.4. The Labute approximate surface area is 164 Å². The normalized spacial score (nSPS) is 10.7. The Hall–Kier alpha value is -3.22. The van der Waals surface area contributed by atoms with Gasteiger partial charge in [0.25, 0.3) is 0 Å². The molecule has 0 heterocycles. The molecule has 2 rings (SSSR count). The average Bonchev–Trinajstić information content (AvgIpc) is 2.70. The molecule has 0 aromatic heterocycles. The Morgan fingerprint density at radius 2 is 1.64 bits per heavy atom. The standard InChI is InChI=1S/C21H25FN4O2/c1-3-26(4-2)17-11-9-16(10-12-17)15-23-25-21(28)14-13-20(27)24-19-8-6-5-7-18(19)22/h5-12,15H,3-4,13-14H2,1-2H3,(H,24,27)(H,25,28).